The Balaban J connectivity index is 1.54. The van der Waals surface area contributed by atoms with Crippen molar-refractivity contribution in [2.75, 3.05) is 11.9 Å². The molecule has 7 heteroatoms. The van der Waals surface area contributed by atoms with E-state index in [4.69, 9.17) is 0 Å². The first-order chi connectivity index (χ1) is 12.1. The highest BCUT2D eigenvalue weighted by atomic mass is 127. The quantitative estimate of drug-likeness (QED) is 0.566. The lowest BCUT2D eigenvalue weighted by atomic mass is 10.2. The number of amides is 2. The van der Waals surface area contributed by atoms with Crippen molar-refractivity contribution in [3.8, 4) is 10.6 Å². The lowest BCUT2D eigenvalue weighted by molar-refractivity contribution is -0.115. The second-order valence-electron chi connectivity index (χ2n) is 5.13. The van der Waals surface area contributed by atoms with E-state index in [9.17, 15) is 9.59 Å². The zero-order chi connectivity index (χ0) is 17.6. The molecular weight excluding hydrogens is 449 g/mol. The summed E-state index contributed by atoms with van der Waals surface area (Å²) in [6, 6.07) is 14.7. The molecule has 2 amide bonds. The Kier molecular flexibility index (Phi) is 5.77. The van der Waals surface area contributed by atoms with Crippen LogP contribution in [0.1, 0.15) is 10.4 Å². The molecule has 0 unspecified atom stereocenters. The fourth-order valence-electron chi connectivity index (χ4n) is 2.17. The zero-order valence-electron chi connectivity index (χ0n) is 13.0. The second-order valence-corrected chi connectivity index (χ2v) is 7.18. The third-order valence-electron chi connectivity index (χ3n) is 3.38. The van der Waals surface area contributed by atoms with Gasteiger partial charge in [-0.2, -0.15) is 0 Å². The molecule has 1 aromatic heterocycles. The normalized spacial score (nSPS) is 10.3. The molecule has 126 valence electrons. The number of nitrogens with one attached hydrogen (secondary N) is 2. The summed E-state index contributed by atoms with van der Waals surface area (Å²) in [5.41, 5.74) is 2.23. The summed E-state index contributed by atoms with van der Waals surface area (Å²) in [7, 11) is 0. The van der Waals surface area contributed by atoms with Gasteiger partial charge in [-0.3, -0.25) is 9.59 Å². The first kappa shape index (κ1) is 17.6. The van der Waals surface area contributed by atoms with Crippen molar-refractivity contribution >= 4 is 51.4 Å². The zero-order valence-corrected chi connectivity index (χ0v) is 16.0. The smallest absolute Gasteiger partial charge is 0.252 e. The molecule has 25 heavy (non-hydrogen) atoms. The van der Waals surface area contributed by atoms with Crippen LogP contribution in [0.4, 0.5) is 5.69 Å². The molecular formula is C18H14IN3O2S. The van der Waals surface area contributed by atoms with Gasteiger partial charge in [0.1, 0.15) is 5.01 Å². The summed E-state index contributed by atoms with van der Waals surface area (Å²) in [6.45, 7) is -0.0853. The van der Waals surface area contributed by atoms with E-state index < -0.39 is 0 Å². The van der Waals surface area contributed by atoms with Gasteiger partial charge >= 0.3 is 0 Å². The third kappa shape index (κ3) is 4.64. The summed E-state index contributed by atoms with van der Waals surface area (Å²) >= 11 is 3.65. The maximum absolute atomic E-state index is 12.1. The fraction of sp³-hybridized carbons (Fsp3) is 0.0556. The Labute approximate surface area is 162 Å². The van der Waals surface area contributed by atoms with E-state index in [2.05, 4.69) is 38.2 Å². The van der Waals surface area contributed by atoms with E-state index in [1.807, 2.05) is 41.8 Å². The van der Waals surface area contributed by atoms with Gasteiger partial charge < -0.3 is 10.6 Å². The molecule has 2 aromatic carbocycles. The molecule has 3 aromatic rings. The number of halogens is 1. The molecule has 0 aliphatic heterocycles. The van der Waals surface area contributed by atoms with Crippen LogP contribution in [0.25, 0.3) is 10.6 Å². The van der Waals surface area contributed by atoms with Crippen LogP contribution < -0.4 is 10.6 Å². The summed E-state index contributed by atoms with van der Waals surface area (Å²) in [5, 5.41) is 8.24. The molecule has 0 aliphatic carbocycles. The number of aromatic nitrogens is 1. The SMILES string of the molecule is O=C(CNC(=O)c1ccccc1I)Nc1ccc(-c2nccs2)cc1. The van der Waals surface area contributed by atoms with Crippen molar-refractivity contribution in [3.05, 3.63) is 69.2 Å². The molecule has 0 spiro atoms. The number of anilines is 1. The van der Waals surface area contributed by atoms with Gasteiger partial charge in [0.25, 0.3) is 5.91 Å². The maximum Gasteiger partial charge on any atom is 0.252 e. The lowest BCUT2D eigenvalue weighted by Gasteiger charge is -2.08. The maximum atomic E-state index is 12.1. The van der Waals surface area contributed by atoms with E-state index in [0.29, 0.717) is 11.3 Å². The minimum absolute atomic E-state index is 0.0853. The number of carbonyl (C=O) groups is 2. The molecule has 0 bridgehead atoms. The van der Waals surface area contributed by atoms with Crippen molar-refractivity contribution < 1.29 is 9.59 Å². The largest absolute Gasteiger partial charge is 0.343 e. The average Bonchev–Trinajstić information content (AvgIpc) is 3.15. The third-order valence-corrected chi connectivity index (χ3v) is 5.14. The highest BCUT2D eigenvalue weighted by Crippen LogP contribution is 2.23. The molecule has 3 rings (SSSR count). The van der Waals surface area contributed by atoms with Gasteiger partial charge in [0, 0.05) is 26.4 Å². The van der Waals surface area contributed by atoms with Crippen molar-refractivity contribution in [1.82, 2.24) is 10.3 Å². The molecule has 0 aliphatic rings. The Morgan fingerprint density at radius 3 is 2.52 bits per heavy atom. The lowest BCUT2D eigenvalue weighted by Crippen LogP contribution is -2.33. The molecule has 1 heterocycles. The molecule has 0 radical (unpaired) electrons. The Bertz CT molecular complexity index is 880. The highest BCUT2D eigenvalue weighted by Gasteiger charge is 2.11. The van der Waals surface area contributed by atoms with Gasteiger partial charge in [-0.05, 0) is 59.0 Å². The molecule has 0 saturated carbocycles. The van der Waals surface area contributed by atoms with Crippen LogP contribution in [0.2, 0.25) is 0 Å². The molecule has 2 N–H and O–H groups in total. The standard InChI is InChI=1S/C18H14IN3O2S/c19-15-4-2-1-3-14(15)17(24)21-11-16(23)22-13-7-5-12(6-8-13)18-20-9-10-25-18/h1-10H,11H2,(H,21,24)(H,22,23). The number of benzene rings is 2. The van der Waals surface area contributed by atoms with Crippen LogP contribution in [-0.4, -0.2) is 23.3 Å². The monoisotopic (exact) mass is 463 g/mol. The number of hydrogen-bond acceptors (Lipinski definition) is 4. The number of carbonyl (C=O) groups excluding carboxylic acids is 2. The number of nitrogens with zero attached hydrogens (tertiary/aromatic N) is 1. The van der Waals surface area contributed by atoms with Gasteiger partial charge in [-0.1, -0.05) is 12.1 Å². The van der Waals surface area contributed by atoms with Crippen LogP contribution in [0.15, 0.2) is 60.1 Å². The van der Waals surface area contributed by atoms with Crippen LogP contribution in [0.3, 0.4) is 0 Å². The number of rotatable bonds is 5. The summed E-state index contributed by atoms with van der Waals surface area (Å²) in [4.78, 5) is 28.4. The Hall–Kier alpha value is -2.26. The topological polar surface area (TPSA) is 71.1 Å². The minimum atomic E-state index is -0.277. The van der Waals surface area contributed by atoms with E-state index in [1.54, 1.807) is 29.7 Å². The van der Waals surface area contributed by atoms with Crippen molar-refractivity contribution in [2.45, 2.75) is 0 Å². The van der Waals surface area contributed by atoms with Crippen LogP contribution in [0.5, 0.6) is 0 Å². The van der Waals surface area contributed by atoms with Crippen molar-refractivity contribution in [1.29, 1.82) is 0 Å². The molecule has 5 nitrogen and oxygen atoms in total. The highest BCUT2D eigenvalue weighted by molar-refractivity contribution is 14.1. The second kappa shape index (κ2) is 8.21. The van der Waals surface area contributed by atoms with Crippen LogP contribution >= 0.6 is 33.9 Å². The summed E-state index contributed by atoms with van der Waals surface area (Å²) in [5.74, 6) is -0.541. The first-order valence-electron chi connectivity index (χ1n) is 7.46. The molecule has 0 atom stereocenters. The van der Waals surface area contributed by atoms with E-state index in [-0.39, 0.29) is 18.4 Å². The van der Waals surface area contributed by atoms with Gasteiger partial charge in [-0.25, -0.2) is 4.98 Å². The first-order valence-corrected chi connectivity index (χ1v) is 9.42. The molecule has 0 saturated heterocycles. The number of thiazole rings is 1. The van der Waals surface area contributed by atoms with E-state index in [1.165, 1.54) is 0 Å². The van der Waals surface area contributed by atoms with Gasteiger partial charge in [0.15, 0.2) is 0 Å². The fourth-order valence-corrected chi connectivity index (χ4v) is 3.45. The molecule has 0 fully saturated rings. The Morgan fingerprint density at radius 1 is 1.08 bits per heavy atom. The van der Waals surface area contributed by atoms with Gasteiger partial charge in [-0.15, -0.1) is 11.3 Å². The van der Waals surface area contributed by atoms with Crippen LogP contribution in [0, 0.1) is 3.57 Å². The van der Waals surface area contributed by atoms with E-state index in [0.717, 1.165) is 14.1 Å². The summed E-state index contributed by atoms with van der Waals surface area (Å²) < 4.78 is 0.843. The van der Waals surface area contributed by atoms with Gasteiger partial charge in [0.05, 0.1) is 12.1 Å². The summed E-state index contributed by atoms with van der Waals surface area (Å²) in [6.07, 6.45) is 1.76. The van der Waals surface area contributed by atoms with Crippen molar-refractivity contribution in [3.63, 3.8) is 0 Å². The Morgan fingerprint density at radius 2 is 1.84 bits per heavy atom. The van der Waals surface area contributed by atoms with Crippen molar-refractivity contribution in [2.24, 2.45) is 0 Å². The van der Waals surface area contributed by atoms with E-state index >= 15 is 0 Å². The average molecular weight is 463 g/mol. The number of hydrogen-bond donors (Lipinski definition) is 2. The van der Waals surface area contributed by atoms with Gasteiger partial charge in [0.2, 0.25) is 5.91 Å². The minimum Gasteiger partial charge on any atom is -0.343 e. The predicted molar refractivity (Wildman–Crippen MR) is 108 cm³/mol. The van der Waals surface area contributed by atoms with Crippen LogP contribution in [-0.2, 0) is 4.79 Å². The predicted octanol–water partition coefficient (Wildman–Crippen LogP) is 3.78.